The second-order valence-corrected chi connectivity index (χ2v) is 4.87. The molecule has 1 atom stereocenters. The Bertz CT molecular complexity index is 139. The zero-order chi connectivity index (χ0) is 10.9. The Kier molecular flexibility index (Phi) is 7.03. The van der Waals surface area contributed by atoms with Gasteiger partial charge in [0.25, 0.3) is 0 Å². The van der Waals surface area contributed by atoms with Crippen LogP contribution in [-0.4, -0.2) is 37.1 Å². The summed E-state index contributed by atoms with van der Waals surface area (Å²) in [7, 11) is 0. The maximum Gasteiger partial charge on any atom is 0.00361 e. The van der Waals surface area contributed by atoms with Crippen molar-refractivity contribution in [3.05, 3.63) is 0 Å². The second kappa shape index (κ2) is 8.12. The lowest BCUT2D eigenvalue weighted by atomic mass is 10.2. The van der Waals surface area contributed by atoms with E-state index in [-0.39, 0.29) is 0 Å². The summed E-state index contributed by atoms with van der Waals surface area (Å²) >= 11 is 0. The number of nitrogens with zero attached hydrogens (tertiary/aromatic N) is 1. The molecule has 0 bridgehead atoms. The molecule has 90 valence electrons. The molecule has 15 heavy (non-hydrogen) atoms. The molecule has 1 unspecified atom stereocenters. The van der Waals surface area contributed by atoms with Crippen molar-refractivity contribution in [2.24, 2.45) is 0 Å². The highest BCUT2D eigenvalue weighted by molar-refractivity contribution is 4.65. The molecular weight excluding hydrogens is 184 g/mol. The van der Waals surface area contributed by atoms with E-state index in [1.54, 1.807) is 0 Å². The SMILES string of the molecule is CCC(C)NCCCN1CCCCCC1. The fraction of sp³-hybridized carbons (Fsp3) is 1.00. The highest BCUT2D eigenvalue weighted by atomic mass is 15.1. The normalized spacial score (nSPS) is 21.2. The minimum atomic E-state index is 0.689. The first-order valence-corrected chi connectivity index (χ1v) is 6.78. The molecule has 1 N–H and O–H groups in total. The van der Waals surface area contributed by atoms with Crippen molar-refractivity contribution in [2.45, 2.75) is 58.4 Å². The van der Waals surface area contributed by atoms with Crippen LogP contribution < -0.4 is 5.32 Å². The highest BCUT2D eigenvalue weighted by Gasteiger charge is 2.07. The van der Waals surface area contributed by atoms with Crippen molar-refractivity contribution >= 4 is 0 Å². The van der Waals surface area contributed by atoms with Gasteiger partial charge in [-0.15, -0.1) is 0 Å². The lowest BCUT2D eigenvalue weighted by Crippen LogP contribution is -2.31. The minimum Gasteiger partial charge on any atom is -0.314 e. The quantitative estimate of drug-likeness (QED) is 0.681. The van der Waals surface area contributed by atoms with Crippen LogP contribution in [0.1, 0.15) is 52.4 Å². The van der Waals surface area contributed by atoms with Crippen molar-refractivity contribution in [1.82, 2.24) is 10.2 Å². The number of hydrogen-bond acceptors (Lipinski definition) is 2. The van der Waals surface area contributed by atoms with Crippen LogP contribution in [0.25, 0.3) is 0 Å². The van der Waals surface area contributed by atoms with Crippen molar-refractivity contribution < 1.29 is 0 Å². The first-order chi connectivity index (χ1) is 7.33. The molecule has 0 aromatic heterocycles. The summed E-state index contributed by atoms with van der Waals surface area (Å²) in [6, 6.07) is 0.689. The van der Waals surface area contributed by atoms with Gasteiger partial charge in [-0.3, -0.25) is 0 Å². The van der Waals surface area contributed by atoms with Crippen LogP contribution in [0.5, 0.6) is 0 Å². The van der Waals surface area contributed by atoms with Gasteiger partial charge in [-0.2, -0.15) is 0 Å². The molecule has 2 nitrogen and oxygen atoms in total. The molecule has 1 saturated heterocycles. The molecular formula is C13H28N2. The molecule has 1 rings (SSSR count). The highest BCUT2D eigenvalue weighted by Crippen LogP contribution is 2.09. The third kappa shape index (κ3) is 6.16. The second-order valence-electron chi connectivity index (χ2n) is 4.87. The van der Waals surface area contributed by atoms with Crippen LogP contribution in [0.2, 0.25) is 0 Å². The third-order valence-electron chi connectivity index (χ3n) is 3.45. The number of nitrogens with one attached hydrogen (secondary N) is 1. The van der Waals surface area contributed by atoms with E-state index in [0.29, 0.717) is 6.04 Å². The Balaban J connectivity index is 1.98. The first-order valence-electron chi connectivity index (χ1n) is 6.78. The number of rotatable bonds is 6. The molecule has 0 aromatic carbocycles. The van der Waals surface area contributed by atoms with Crippen molar-refractivity contribution in [2.75, 3.05) is 26.2 Å². The van der Waals surface area contributed by atoms with E-state index in [2.05, 4.69) is 24.1 Å². The molecule has 1 heterocycles. The van der Waals surface area contributed by atoms with Gasteiger partial charge in [0.2, 0.25) is 0 Å². The lowest BCUT2D eigenvalue weighted by molar-refractivity contribution is 0.278. The smallest absolute Gasteiger partial charge is 0.00361 e. The third-order valence-corrected chi connectivity index (χ3v) is 3.45. The van der Waals surface area contributed by atoms with Gasteiger partial charge in [-0.25, -0.2) is 0 Å². The Morgan fingerprint density at radius 1 is 1.13 bits per heavy atom. The lowest BCUT2D eigenvalue weighted by Gasteiger charge is -2.20. The summed E-state index contributed by atoms with van der Waals surface area (Å²) in [5.41, 5.74) is 0. The van der Waals surface area contributed by atoms with Crippen LogP contribution in [0.3, 0.4) is 0 Å². The summed E-state index contributed by atoms with van der Waals surface area (Å²) in [6.07, 6.45) is 8.27. The van der Waals surface area contributed by atoms with Crippen LogP contribution in [0, 0.1) is 0 Å². The van der Waals surface area contributed by atoms with E-state index in [1.165, 1.54) is 64.7 Å². The summed E-state index contributed by atoms with van der Waals surface area (Å²) in [5.74, 6) is 0. The molecule has 0 amide bonds. The van der Waals surface area contributed by atoms with Crippen LogP contribution in [0.4, 0.5) is 0 Å². The van der Waals surface area contributed by atoms with Gasteiger partial charge in [0.1, 0.15) is 0 Å². The predicted molar refractivity (Wildman–Crippen MR) is 67.3 cm³/mol. The van der Waals surface area contributed by atoms with Crippen molar-refractivity contribution in [1.29, 1.82) is 0 Å². The van der Waals surface area contributed by atoms with Gasteiger partial charge in [-0.05, 0) is 58.8 Å². The fourth-order valence-electron chi connectivity index (χ4n) is 2.16. The van der Waals surface area contributed by atoms with Gasteiger partial charge in [-0.1, -0.05) is 19.8 Å². The van der Waals surface area contributed by atoms with Crippen molar-refractivity contribution in [3.8, 4) is 0 Å². The van der Waals surface area contributed by atoms with Crippen LogP contribution in [0.15, 0.2) is 0 Å². The largest absolute Gasteiger partial charge is 0.314 e. The molecule has 0 aromatic rings. The Labute approximate surface area is 95.4 Å². The Morgan fingerprint density at radius 2 is 1.80 bits per heavy atom. The molecule has 1 aliphatic rings. The molecule has 1 aliphatic heterocycles. The first kappa shape index (κ1) is 13.0. The Morgan fingerprint density at radius 3 is 2.40 bits per heavy atom. The zero-order valence-corrected chi connectivity index (χ0v) is 10.6. The molecule has 0 saturated carbocycles. The maximum atomic E-state index is 3.56. The summed E-state index contributed by atoms with van der Waals surface area (Å²) in [5, 5.41) is 3.56. The van der Waals surface area contributed by atoms with E-state index in [4.69, 9.17) is 0 Å². The summed E-state index contributed by atoms with van der Waals surface area (Å²) in [4.78, 5) is 2.64. The summed E-state index contributed by atoms with van der Waals surface area (Å²) < 4.78 is 0. The predicted octanol–water partition coefficient (Wildman–Crippen LogP) is 2.64. The van der Waals surface area contributed by atoms with E-state index >= 15 is 0 Å². The molecule has 0 aliphatic carbocycles. The minimum absolute atomic E-state index is 0.689. The van der Waals surface area contributed by atoms with Gasteiger partial charge in [0.15, 0.2) is 0 Å². The average molecular weight is 212 g/mol. The molecule has 0 spiro atoms. The molecule has 2 heteroatoms. The topological polar surface area (TPSA) is 15.3 Å². The molecule has 1 fully saturated rings. The van der Waals surface area contributed by atoms with E-state index in [0.717, 1.165) is 0 Å². The van der Waals surface area contributed by atoms with E-state index in [1.807, 2.05) is 0 Å². The van der Waals surface area contributed by atoms with Crippen LogP contribution in [-0.2, 0) is 0 Å². The fourth-order valence-corrected chi connectivity index (χ4v) is 2.16. The standard InChI is InChI=1S/C13H28N2/c1-3-13(2)14-9-8-12-15-10-6-4-5-7-11-15/h13-14H,3-12H2,1-2H3. The average Bonchev–Trinajstić information content (AvgIpc) is 2.52. The summed E-state index contributed by atoms with van der Waals surface area (Å²) in [6.45, 7) is 9.67. The van der Waals surface area contributed by atoms with E-state index < -0.39 is 0 Å². The van der Waals surface area contributed by atoms with E-state index in [9.17, 15) is 0 Å². The molecule has 0 radical (unpaired) electrons. The maximum absolute atomic E-state index is 3.56. The van der Waals surface area contributed by atoms with Gasteiger partial charge < -0.3 is 10.2 Å². The van der Waals surface area contributed by atoms with Gasteiger partial charge in [0.05, 0.1) is 0 Å². The zero-order valence-electron chi connectivity index (χ0n) is 10.6. The number of likely N-dealkylation sites (tertiary alicyclic amines) is 1. The van der Waals surface area contributed by atoms with Crippen molar-refractivity contribution in [3.63, 3.8) is 0 Å². The van der Waals surface area contributed by atoms with Gasteiger partial charge >= 0.3 is 0 Å². The number of hydrogen-bond donors (Lipinski definition) is 1. The van der Waals surface area contributed by atoms with Gasteiger partial charge in [0, 0.05) is 6.04 Å². The monoisotopic (exact) mass is 212 g/mol. The van der Waals surface area contributed by atoms with Crippen LogP contribution >= 0.6 is 0 Å². The Hall–Kier alpha value is -0.0800.